The first-order valence-corrected chi connectivity index (χ1v) is 7.79. The molecule has 2 aromatic carbocycles. The number of aromatic amines is 1. The molecule has 0 fully saturated rings. The minimum Gasteiger partial charge on any atom is -0.360 e. The molecule has 1 heterocycles. The van der Waals surface area contributed by atoms with E-state index in [1.165, 1.54) is 0 Å². The molecule has 0 spiro atoms. The summed E-state index contributed by atoms with van der Waals surface area (Å²) in [6.45, 7) is 0. The summed E-state index contributed by atoms with van der Waals surface area (Å²) < 4.78 is 1.66. The average Bonchev–Trinajstić information content (AvgIpc) is 2.83. The number of H-pyrrole nitrogens is 1. The van der Waals surface area contributed by atoms with Gasteiger partial charge in [0, 0.05) is 37.2 Å². The topological polar surface area (TPSA) is 32.9 Å². The first-order valence-electron chi connectivity index (χ1n) is 5.83. The van der Waals surface area contributed by atoms with Gasteiger partial charge in [0.15, 0.2) is 5.78 Å². The van der Waals surface area contributed by atoms with E-state index >= 15 is 0 Å². The highest BCUT2D eigenvalue weighted by Gasteiger charge is 2.18. The maximum Gasteiger partial charge on any atom is 0.196 e. The summed E-state index contributed by atoms with van der Waals surface area (Å²) in [4.78, 5) is 15.8. The molecule has 0 saturated carbocycles. The van der Waals surface area contributed by atoms with Crippen molar-refractivity contribution in [3.63, 3.8) is 0 Å². The molecule has 3 rings (SSSR count). The Morgan fingerprint density at radius 1 is 1.10 bits per heavy atom. The fraction of sp³-hybridized carbons (Fsp3) is 0. The van der Waals surface area contributed by atoms with Gasteiger partial charge in [-0.25, -0.2) is 0 Å². The standard InChI is InChI=1S/C15H8Br2ClNO/c16-8-4-5-9(11(17)6-8)15(20)10-7-19-13-3-1-2-12(18)14(10)13/h1-7,19H. The minimum atomic E-state index is -0.0660. The van der Waals surface area contributed by atoms with Crippen LogP contribution in [0, 0.1) is 0 Å². The Morgan fingerprint density at radius 2 is 1.90 bits per heavy atom. The zero-order valence-corrected chi connectivity index (χ0v) is 14.0. The van der Waals surface area contributed by atoms with Crippen molar-refractivity contribution in [2.45, 2.75) is 0 Å². The minimum absolute atomic E-state index is 0.0660. The van der Waals surface area contributed by atoms with Crippen molar-refractivity contribution in [1.82, 2.24) is 4.98 Å². The van der Waals surface area contributed by atoms with Gasteiger partial charge in [-0.1, -0.05) is 33.6 Å². The van der Waals surface area contributed by atoms with E-state index in [1.807, 2.05) is 24.3 Å². The van der Waals surface area contributed by atoms with Gasteiger partial charge >= 0.3 is 0 Å². The van der Waals surface area contributed by atoms with Crippen molar-refractivity contribution in [3.8, 4) is 0 Å². The first-order chi connectivity index (χ1) is 9.58. The SMILES string of the molecule is O=C(c1ccc(Br)cc1Br)c1c[nH]c2cccc(Cl)c12. The maximum absolute atomic E-state index is 12.7. The molecule has 1 aromatic heterocycles. The lowest BCUT2D eigenvalue weighted by atomic mass is 10.0. The van der Waals surface area contributed by atoms with Gasteiger partial charge in [0.05, 0.1) is 5.02 Å². The number of carbonyl (C=O) groups excluding carboxylic acids is 1. The van der Waals surface area contributed by atoms with Crippen LogP contribution in [0.2, 0.25) is 5.02 Å². The lowest BCUT2D eigenvalue weighted by Crippen LogP contribution is -2.01. The van der Waals surface area contributed by atoms with Gasteiger partial charge in [-0.3, -0.25) is 4.79 Å². The fourth-order valence-electron chi connectivity index (χ4n) is 2.14. The van der Waals surface area contributed by atoms with Crippen LogP contribution < -0.4 is 0 Å². The third-order valence-electron chi connectivity index (χ3n) is 3.08. The summed E-state index contributed by atoms with van der Waals surface area (Å²) in [7, 11) is 0. The number of rotatable bonds is 2. The van der Waals surface area contributed by atoms with Crippen LogP contribution in [0.1, 0.15) is 15.9 Å². The molecule has 2 nitrogen and oxygen atoms in total. The normalized spacial score (nSPS) is 10.9. The van der Waals surface area contributed by atoms with Gasteiger partial charge in [-0.2, -0.15) is 0 Å². The molecule has 100 valence electrons. The van der Waals surface area contributed by atoms with Crippen LogP contribution in [-0.4, -0.2) is 10.8 Å². The van der Waals surface area contributed by atoms with E-state index in [0.717, 1.165) is 19.8 Å². The molecule has 3 aromatic rings. The molecule has 0 saturated heterocycles. The van der Waals surface area contributed by atoms with Gasteiger partial charge in [0.25, 0.3) is 0 Å². The predicted octanol–water partition coefficient (Wildman–Crippen LogP) is 5.58. The van der Waals surface area contributed by atoms with Crippen LogP contribution in [0.3, 0.4) is 0 Å². The average molecular weight is 413 g/mol. The molecule has 0 amide bonds. The molecule has 0 aliphatic carbocycles. The quantitative estimate of drug-likeness (QED) is 0.547. The molecule has 0 unspecified atom stereocenters. The number of ketones is 1. The smallest absolute Gasteiger partial charge is 0.196 e. The summed E-state index contributed by atoms with van der Waals surface area (Å²) in [5.74, 6) is -0.0660. The second kappa shape index (κ2) is 5.35. The van der Waals surface area contributed by atoms with E-state index < -0.39 is 0 Å². The van der Waals surface area contributed by atoms with E-state index in [1.54, 1.807) is 18.3 Å². The van der Waals surface area contributed by atoms with Crippen molar-refractivity contribution in [2.75, 3.05) is 0 Å². The van der Waals surface area contributed by atoms with Crippen molar-refractivity contribution >= 4 is 60.1 Å². The van der Waals surface area contributed by atoms with Gasteiger partial charge in [-0.05, 0) is 46.3 Å². The predicted molar refractivity (Wildman–Crippen MR) is 88.6 cm³/mol. The third-order valence-corrected chi connectivity index (χ3v) is 4.54. The molecule has 0 aliphatic heterocycles. The van der Waals surface area contributed by atoms with Gasteiger partial charge in [0.1, 0.15) is 0 Å². The summed E-state index contributed by atoms with van der Waals surface area (Å²) in [5, 5.41) is 1.33. The van der Waals surface area contributed by atoms with Crippen molar-refractivity contribution in [3.05, 3.63) is 67.7 Å². The Bertz CT molecular complexity index is 826. The number of aromatic nitrogens is 1. The Morgan fingerprint density at radius 3 is 2.65 bits per heavy atom. The Kier molecular flexibility index (Phi) is 3.71. The summed E-state index contributed by atoms with van der Waals surface area (Å²) in [5.41, 5.74) is 2.04. The Balaban J connectivity index is 2.18. The van der Waals surface area contributed by atoms with E-state index in [9.17, 15) is 4.79 Å². The van der Waals surface area contributed by atoms with Crippen LogP contribution in [0.4, 0.5) is 0 Å². The van der Waals surface area contributed by atoms with Gasteiger partial charge in [0.2, 0.25) is 0 Å². The largest absolute Gasteiger partial charge is 0.360 e. The van der Waals surface area contributed by atoms with E-state index in [4.69, 9.17) is 11.6 Å². The third kappa shape index (κ3) is 2.32. The molecule has 20 heavy (non-hydrogen) atoms. The van der Waals surface area contributed by atoms with Crippen LogP contribution in [0.25, 0.3) is 10.9 Å². The number of hydrogen-bond donors (Lipinski definition) is 1. The van der Waals surface area contributed by atoms with E-state index in [2.05, 4.69) is 36.8 Å². The molecular formula is C15H8Br2ClNO. The molecule has 1 N–H and O–H groups in total. The zero-order chi connectivity index (χ0) is 14.3. The first kappa shape index (κ1) is 13.9. The number of fused-ring (bicyclic) bond motifs is 1. The molecule has 5 heteroatoms. The van der Waals surface area contributed by atoms with Crippen molar-refractivity contribution in [1.29, 1.82) is 0 Å². The second-order valence-corrected chi connectivity index (χ2v) is 6.50. The number of carbonyl (C=O) groups is 1. The van der Waals surface area contributed by atoms with E-state index in [0.29, 0.717) is 16.1 Å². The fourth-order valence-corrected chi connectivity index (χ4v) is 3.64. The molecule has 0 bridgehead atoms. The summed E-state index contributed by atoms with van der Waals surface area (Å²) in [6, 6.07) is 11.0. The Labute approximate surface area is 137 Å². The Hall–Kier alpha value is -1.10. The molecule has 0 atom stereocenters. The summed E-state index contributed by atoms with van der Waals surface area (Å²) >= 11 is 13.0. The summed E-state index contributed by atoms with van der Waals surface area (Å²) in [6.07, 6.45) is 1.70. The van der Waals surface area contributed by atoms with Crippen molar-refractivity contribution < 1.29 is 4.79 Å². The number of hydrogen-bond acceptors (Lipinski definition) is 1. The monoisotopic (exact) mass is 411 g/mol. The van der Waals surface area contributed by atoms with Gasteiger partial charge in [-0.15, -0.1) is 0 Å². The van der Waals surface area contributed by atoms with Crippen molar-refractivity contribution in [2.24, 2.45) is 0 Å². The highest BCUT2D eigenvalue weighted by Crippen LogP contribution is 2.30. The molecular weight excluding hydrogens is 405 g/mol. The van der Waals surface area contributed by atoms with Gasteiger partial charge < -0.3 is 4.98 Å². The maximum atomic E-state index is 12.7. The lowest BCUT2D eigenvalue weighted by Gasteiger charge is -2.04. The number of halogens is 3. The lowest BCUT2D eigenvalue weighted by molar-refractivity contribution is 0.103. The van der Waals surface area contributed by atoms with E-state index in [-0.39, 0.29) is 5.78 Å². The molecule has 0 aliphatic rings. The zero-order valence-electron chi connectivity index (χ0n) is 10.1. The van der Waals surface area contributed by atoms with Crippen LogP contribution in [0.15, 0.2) is 51.5 Å². The molecule has 0 radical (unpaired) electrons. The second-order valence-electron chi connectivity index (χ2n) is 4.32. The number of benzene rings is 2. The highest BCUT2D eigenvalue weighted by molar-refractivity contribution is 9.11. The van der Waals surface area contributed by atoms with Crippen LogP contribution in [-0.2, 0) is 0 Å². The number of nitrogens with one attached hydrogen (secondary N) is 1. The van der Waals surface area contributed by atoms with Crippen LogP contribution >= 0.6 is 43.5 Å². The highest BCUT2D eigenvalue weighted by atomic mass is 79.9. The van der Waals surface area contributed by atoms with Crippen LogP contribution in [0.5, 0.6) is 0 Å².